The second-order valence-electron chi connectivity index (χ2n) is 33.5. The molecule has 0 aliphatic heterocycles. The number of aromatic hydroxyl groups is 11. The van der Waals surface area contributed by atoms with Gasteiger partial charge in [0.2, 0.25) is 0 Å². The van der Waals surface area contributed by atoms with Crippen LogP contribution in [0.5, 0.6) is 63.2 Å². The summed E-state index contributed by atoms with van der Waals surface area (Å²) in [6.45, 7) is 38.8. The molecule has 0 heterocycles. The van der Waals surface area contributed by atoms with Crippen molar-refractivity contribution in [3.05, 3.63) is 316 Å². The Labute approximate surface area is 671 Å². The van der Waals surface area contributed by atoms with Crippen LogP contribution in [0.25, 0.3) is 0 Å². The minimum Gasteiger partial charge on any atom is -0.507 e. The van der Waals surface area contributed by atoms with E-state index in [9.17, 15) is 56.2 Å². The van der Waals surface area contributed by atoms with Crippen LogP contribution in [0, 0.1) is 138 Å². The van der Waals surface area contributed by atoms with Gasteiger partial charge in [-0.3, -0.25) is 0 Å². The first kappa shape index (κ1) is 84.7. The molecule has 11 aromatic rings. The lowest BCUT2D eigenvalue weighted by atomic mass is 9.66. The van der Waals surface area contributed by atoms with Crippen molar-refractivity contribution in [2.24, 2.45) is 0 Å². The molecule has 113 heavy (non-hydrogen) atoms. The molecule has 1 saturated carbocycles. The van der Waals surface area contributed by atoms with E-state index in [0.717, 1.165) is 215 Å². The number of benzene rings is 11. The zero-order valence-electron chi connectivity index (χ0n) is 70.4. The zero-order valence-corrected chi connectivity index (χ0v) is 70.4. The Morgan fingerprint density at radius 1 is 0.230 bits per heavy atom. The Hall–Kier alpha value is -10.8. The highest BCUT2D eigenvalue weighted by atomic mass is 16.3. The zero-order chi connectivity index (χ0) is 82.7. The number of aryl methyl sites for hydroxylation is 20. The Kier molecular flexibility index (Phi) is 26.3. The summed E-state index contributed by atoms with van der Waals surface area (Å²) in [5.74, 6) is 4.17. The van der Waals surface area contributed by atoms with Crippen molar-refractivity contribution in [3.8, 4) is 63.2 Å². The van der Waals surface area contributed by atoms with Crippen LogP contribution in [-0.4, -0.2) is 56.2 Å². The minimum atomic E-state index is -0.439. The lowest BCUT2D eigenvalue weighted by molar-refractivity contribution is 0.427. The van der Waals surface area contributed by atoms with Crippen molar-refractivity contribution in [3.63, 3.8) is 0 Å². The molecule has 11 nitrogen and oxygen atoms in total. The van der Waals surface area contributed by atoms with Gasteiger partial charge in [0, 0.05) is 42.2 Å². The molecule has 594 valence electrons. The Bertz CT molecular complexity index is 4920. The van der Waals surface area contributed by atoms with E-state index in [2.05, 4.69) is 86.6 Å². The molecule has 0 spiro atoms. The van der Waals surface area contributed by atoms with Crippen LogP contribution >= 0.6 is 0 Å². The number of phenols is 11. The molecule has 0 bridgehead atoms. The second kappa shape index (κ2) is 35.1. The summed E-state index contributed by atoms with van der Waals surface area (Å²) in [7, 11) is 0. The summed E-state index contributed by atoms with van der Waals surface area (Å²) < 4.78 is 0. The highest BCUT2D eigenvalue weighted by Gasteiger charge is 2.36. The summed E-state index contributed by atoms with van der Waals surface area (Å²) in [5.41, 5.74) is 33.1. The molecule has 0 saturated heterocycles. The van der Waals surface area contributed by atoms with E-state index < -0.39 is 5.41 Å². The topological polar surface area (TPSA) is 223 Å². The molecule has 11 heteroatoms. The van der Waals surface area contributed by atoms with Gasteiger partial charge >= 0.3 is 0 Å². The maximum Gasteiger partial charge on any atom is 0.122 e. The lowest BCUT2D eigenvalue weighted by Crippen LogP contribution is -2.30. The highest BCUT2D eigenvalue weighted by Crippen LogP contribution is 2.47. The molecule has 12 rings (SSSR count). The summed E-state index contributed by atoms with van der Waals surface area (Å²) in [6, 6.07) is 41.3. The molecule has 11 aromatic carbocycles. The Morgan fingerprint density at radius 2 is 0.460 bits per heavy atom. The average molecular weight is 1520 g/mol. The van der Waals surface area contributed by atoms with E-state index >= 15 is 0 Å². The summed E-state index contributed by atoms with van der Waals surface area (Å²) in [6.07, 6.45) is 12.5. The molecule has 0 amide bonds. The summed E-state index contributed by atoms with van der Waals surface area (Å²) in [4.78, 5) is 0. The molecule has 0 atom stereocenters. The predicted molar refractivity (Wildman–Crippen MR) is 461 cm³/mol. The van der Waals surface area contributed by atoms with Gasteiger partial charge in [0.1, 0.15) is 63.2 Å². The van der Waals surface area contributed by atoms with Crippen molar-refractivity contribution in [2.45, 2.75) is 240 Å². The molecule has 11 N–H and O–H groups in total. The SMILES string of the molecule is Cc1cc(CCC(CCc2cc(C)c(O)c(C)c2)(c2cc(C)c(O)c(C)c2)c2cc(C)c(O)c(C)c2)cc(C)c1O.Cc1cc(Cc2c(C)c(Cc3cc(C)c(O)c(Cc4cc(C)c(O)c(C)c4)c3C)cc(C)c2O)cc(C)c1O.Cc1cc(Cc2cc(C3CCCCC3)cc(Cc3cc(C)c(O)c(C)c3)c2O)cc(C)c1O. The van der Waals surface area contributed by atoms with E-state index in [-0.39, 0.29) is 0 Å². The highest BCUT2D eigenvalue weighted by molar-refractivity contribution is 5.60. The monoisotopic (exact) mass is 1520 g/mol. The third kappa shape index (κ3) is 19.0. The first-order valence-electron chi connectivity index (χ1n) is 40.1. The standard InChI is InChI=1S/C37H44O4.C35H40O4.C30H36O3/c1-21-13-29(14-22(2)33(21)38)9-11-37(31-17-25(5)35(40)26(6)18-31,32-19-27(7)36(41)28(8)20-32)12-10-30-15-23(3)34(39)24(4)16-30;1-18-9-26(10-19(2)32(18)36)15-30-24(7)28(13-22(5)34(30)38)17-29-14-23(6)35(39)31(25(29)8)16-27-11-20(3)33(37)21(4)12-27;1-18-10-22(11-19(2)28(18)31)14-26-16-25(24-8-6-5-7-9-24)17-27(30(26)33)15-23-12-20(3)29(32)21(4)13-23/h13-20,38-41H,9-12H2,1-8H3;9-14,36-39H,15-17H2,1-8H3;10-13,16-17,24,31-33H,5-9,14-15H2,1-4H3. The van der Waals surface area contributed by atoms with Gasteiger partial charge in [0.15, 0.2) is 0 Å². The van der Waals surface area contributed by atoms with Crippen LogP contribution in [0.3, 0.4) is 0 Å². The number of hydrogen-bond donors (Lipinski definition) is 11. The lowest BCUT2D eigenvalue weighted by Gasteiger charge is -2.37. The molecular weight excluding hydrogens is 1400 g/mol. The quantitative estimate of drug-likeness (QED) is 0.0365. The molecule has 1 aliphatic carbocycles. The fourth-order valence-electron chi connectivity index (χ4n) is 17.7. The summed E-state index contributed by atoms with van der Waals surface area (Å²) in [5, 5.41) is 116. The van der Waals surface area contributed by atoms with Crippen LogP contribution in [-0.2, 0) is 50.4 Å². The number of phenolic OH excluding ortho intramolecular Hbond substituents is 11. The second-order valence-corrected chi connectivity index (χ2v) is 33.5. The van der Waals surface area contributed by atoms with Crippen LogP contribution in [0.15, 0.2) is 121 Å². The van der Waals surface area contributed by atoms with Crippen molar-refractivity contribution < 1.29 is 56.2 Å². The fourth-order valence-corrected chi connectivity index (χ4v) is 17.7. The van der Waals surface area contributed by atoms with Gasteiger partial charge in [-0.1, -0.05) is 141 Å². The van der Waals surface area contributed by atoms with Gasteiger partial charge in [-0.2, -0.15) is 0 Å². The van der Waals surface area contributed by atoms with E-state index in [4.69, 9.17) is 0 Å². The van der Waals surface area contributed by atoms with E-state index in [1.165, 1.54) is 37.7 Å². The van der Waals surface area contributed by atoms with Crippen molar-refractivity contribution in [1.29, 1.82) is 0 Å². The van der Waals surface area contributed by atoms with Gasteiger partial charge in [-0.25, -0.2) is 0 Å². The van der Waals surface area contributed by atoms with Crippen molar-refractivity contribution in [2.75, 3.05) is 0 Å². The Balaban J connectivity index is 0.000000181. The average Bonchev–Trinajstić information content (AvgIpc) is 0.754. The molecule has 1 fully saturated rings. The first-order valence-corrected chi connectivity index (χ1v) is 40.1. The van der Waals surface area contributed by atoms with Crippen LogP contribution in [0.1, 0.15) is 246 Å². The minimum absolute atomic E-state index is 0.315. The fraction of sp³-hybridized carbons (Fsp3) is 0.353. The summed E-state index contributed by atoms with van der Waals surface area (Å²) >= 11 is 0. The number of hydrogen-bond acceptors (Lipinski definition) is 11. The van der Waals surface area contributed by atoms with Gasteiger partial charge in [0.05, 0.1) is 0 Å². The van der Waals surface area contributed by atoms with E-state index in [1.807, 2.05) is 173 Å². The third-order valence-corrected chi connectivity index (χ3v) is 24.3. The number of rotatable bonds is 19. The predicted octanol–water partition coefficient (Wildman–Crippen LogP) is 23.5. The Morgan fingerprint density at radius 3 is 0.726 bits per heavy atom. The van der Waals surface area contributed by atoms with Crippen molar-refractivity contribution in [1.82, 2.24) is 0 Å². The van der Waals surface area contributed by atoms with Gasteiger partial charge in [-0.15, -0.1) is 0 Å². The van der Waals surface area contributed by atoms with Gasteiger partial charge in [0.25, 0.3) is 0 Å². The maximum atomic E-state index is 11.3. The van der Waals surface area contributed by atoms with Crippen molar-refractivity contribution >= 4 is 0 Å². The third-order valence-electron chi connectivity index (χ3n) is 24.3. The first-order chi connectivity index (χ1) is 53.2. The van der Waals surface area contributed by atoms with Crippen LogP contribution in [0.2, 0.25) is 0 Å². The largest absolute Gasteiger partial charge is 0.507 e. The van der Waals surface area contributed by atoms with Crippen LogP contribution in [0.4, 0.5) is 0 Å². The van der Waals surface area contributed by atoms with Gasteiger partial charge in [-0.05, 0) is 373 Å². The molecule has 0 unspecified atom stereocenters. The van der Waals surface area contributed by atoms with Crippen LogP contribution < -0.4 is 0 Å². The van der Waals surface area contributed by atoms with E-state index in [0.29, 0.717) is 101 Å². The smallest absolute Gasteiger partial charge is 0.122 e. The van der Waals surface area contributed by atoms with Gasteiger partial charge < -0.3 is 56.2 Å². The molecular formula is C102H120O11. The molecule has 1 aliphatic rings. The maximum absolute atomic E-state index is 11.3. The van der Waals surface area contributed by atoms with E-state index in [1.54, 1.807) is 0 Å². The molecule has 0 radical (unpaired) electrons. The molecule has 0 aromatic heterocycles. The normalized spacial score (nSPS) is 12.4.